The molecule has 1 atom stereocenters. The Morgan fingerprint density at radius 3 is 2.29 bits per heavy atom. The Kier molecular flexibility index (Phi) is 5.46. The number of hydrogen-bond donors (Lipinski definition) is 2. The average molecular weight is 348 g/mol. The molecule has 0 radical (unpaired) electrons. The number of ether oxygens (including phenoxy) is 1. The van der Waals surface area contributed by atoms with Crippen molar-refractivity contribution in [3.63, 3.8) is 0 Å². The molecule has 6 nitrogen and oxygen atoms in total. The highest BCUT2D eigenvalue weighted by atomic mass is 32.2. The van der Waals surface area contributed by atoms with Crippen LogP contribution in [-0.4, -0.2) is 26.7 Å². The molecule has 0 aliphatic carbocycles. The van der Waals surface area contributed by atoms with E-state index in [0.717, 1.165) is 11.8 Å². The van der Waals surface area contributed by atoms with Crippen molar-refractivity contribution in [3.05, 3.63) is 54.1 Å². The molecule has 2 N–H and O–H groups in total. The van der Waals surface area contributed by atoms with Crippen LogP contribution in [0.5, 0.6) is 5.75 Å². The fraction of sp³-hybridized carbons (Fsp3) is 0.235. The first-order chi connectivity index (χ1) is 11.2. The second-order valence-electron chi connectivity index (χ2n) is 5.52. The number of amides is 1. The number of sulfonamides is 1. The van der Waals surface area contributed by atoms with Crippen molar-refractivity contribution in [2.24, 2.45) is 0 Å². The number of carbonyl (C=O) groups excluding carboxylic acids is 1. The molecule has 0 aliphatic heterocycles. The van der Waals surface area contributed by atoms with Crippen LogP contribution < -0.4 is 14.8 Å². The molecule has 0 fully saturated rings. The Balaban J connectivity index is 1.96. The van der Waals surface area contributed by atoms with Gasteiger partial charge >= 0.3 is 0 Å². The van der Waals surface area contributed by atoms with Crippen molar-refractivity contribution in [2.45, 2.75) is 20.0 Å². The van der Waals surface area contributed by atoms with Crippen molar-refractivity contribution in [3.8, 4) is 5.75 Å². The molecule has 0 aliphatic rings. The van der Waals surface area contributed by atoms with E-state index in [4.69, 9.17) is 4.74 Å². The van der Waals surface area contributed by atoms with Gasteiger partial charge in [-0.25, -0.2) is 8.42 Å². The van der Waals surface area contributed by atoms with Gasteiger partial charge < -0.3 is 10.1 Å². The van der Waals surface area contributed by atoms with Crippen molar-refractivity contribution in [2.75, 3.05) is 16.3 Å². The monoisotopic (exact) mass is 348 g/mol. The molecule has 24 heavy (non-hydrogen) atoms. The highest BCUT2D eigenvalue weighted by molar-refractivity contribution is 7.92. The molecule has 0 unspecified atom stereocenters. The van der Waals surface area contributed by atoms with Crippen LogP contribution in [0, 0.1) is 6.92 Å². The third-order valence-electron chi connectivity index (χ3n) is 3.13. The summed E-state index contributed by atoms with van der Waals surface area (Å²) in [7, 11) is -3.32. The van der Waals surface area contributed by atoms with Crippen LogP contribution in [0.3, 0.4) is 0 Å². The van der Waals surface area contributed by atoms with Crippen LogP contribution in [0.25, 0.3) is 0 Å². The smallest absolute Gasteiger partial charge is 0.265 e. The Hall–Kier alpha value is -2.54. The Morgan fingerprint density at radius 2 is 1.71 bits per heavy atom. The molecule has 0 saturated carbocycles. The molecule has 2 aromatic rings. The third kappa shape index (κ3) is 5.58. The summed E-state index contributed by atoms with van der Waals surface area (Å²) in [6.07, 6.45) is 0.410. The second-order valence-corrected chi connectivity index (χ2v) is 7.27. The largest absolute Gasteiger partial charge is 0.481 e. The average Bonchev–Trinajstić information content (AvgIpc) is 2.47. The predicted octanol–water partition coefficient (Wildman–Crippen LogP) is 2.77. The lowest BCUT2D eigenvalue weighted by molar-refractivity contribution is -0.122. The quantitative estimate of drug-likeness (QED) is 0.841. The standard InChI is InChI=1S/C17H20N2O4S/c1-12-5-4-6-16(11-12)23-13(2)17(20)18-14-7-9-15(10-8-14)19-24(3,21)22/h4-11,13,19H,1-3H3,(H,18,20)/t13-/m1/s1. The van der Waals surface area contributed by atoms with Gasteiger partial charge in [0.05, 0.1) is 6.26 Å². The van der Waals surface area contributed by atoms with Crippen LogP contribution in [0.2, 0.25) is 0 Å². The molecule has 7 heteroatoms. The molecule has 2 aromatic carbocycles. The molecule has 0 saturated heterocycles. The summed E-state index contributed by atoms with van der Waals surface area (Å²) in [6.45, 7) is 3.61. The van der Waals surface area contributed by atoms with Gasteiger partial charge in [0.25, 0.3) is 5.91 Å². The van der Waals surface area contributed by atoms with E-state index in [1.165, 1.54) is 0 Å². The summed E-state index contributed by atoms with van der Waals surface area (Å²) >= 11 is 0. The van der Waals surface area contributed by atoms with E-state index in [-0.39, 0.29) is 5.91 Å². The maximum Gasteiger partial charge on any atom is 0.265 e. The number of hydrogen-bond acceptors (Lipinski definition) is 4. The summed E-state index contributed by atoms with van der Waals surface area (Å²) < 4.78 is 30.3. The number of aryl methyl sites for hydroxylation is 1. The molecule has 1 amide bonds. The molecule has 2 rings (SSSR count). The van der Waals surface area contributed by atoms with Crippen LogP contribution in [-0.2, 0) is 14.8 Å². The van der Waals surface area contributed by atoms with E-state index in [1.54, 1.807) is 37.3 Å². The molecule has 0 heterocycles. The van der Waals surface area contributed by atoms with Gasteiger partial charge in [0, 0.05) is 11.4 Å². The van der Waals surface area contributed by atoms with Crippen molar-refractivity contribution in [1.29, 1.82) is 0 Å². The van der Waals surface area contributed by atoms with Crippen LogP contribution in [0.4, 0.5) is 11.4 Å². The first kappa shape index (κ1) is 17.8. The van der Waals surface area contributed by atoms with Gasteiger partial charge in [-0.3, -0.25) is 9.52 Å². The SMILES string of the molecule is Cc1cccc(O[C@H](C)C(=O)Nc2ccc(NS(C)(=O)=O)cc2)c1. The first-order valence-electron chi connectivity index (χ1n) is 7.35. The van der Waals surface area contributed by atoms with E-state index in [0.29, 0.717) is 17.1 Å². The van der Waals surface area contributed by atoms with Gasteiger partial charge in [-0.15, -0.1) is 0 Å². The minimum Gasteiger partial charge on any atom is -0.481 e. The lowest BCUT2D eigenvalue weighted by Gasteiger charge is -2.15. The molecular formula is C17H20N2O4S. The minimum absolute atomic E-state index is 0.291. The van der Waals surface area contributed by atoms with E-state index in [9.17, 15) is 13.2 Å². The third-order valence-corrected chi connectivity index (χ3v) is 3.73. The summed E-state index contributed by atoms with van der Waals surface area (Å²) in [5.74, 6) is 0.339. The number of anilines is 2. The molecular weight excluding hydrogens is 328 g/mol. The molecule has 0 aromatic heterocycles. The zero-order valence-electron chi connectivity index (χ0n) is 13.7. The van der Waals surface area contributed by atoms with Crippen molar-refractivity contribution < 1.29 is 17.9 Å². The summed E-state index contributed by atoms with van der Waals surface area (Å²) in [5, 5.41) is 2.73. The van der Waals surface area contributed by atoms with Gasteiger partial charge in [-0.05, 0) is 55.8 Å². The van der Waals surface area contributed by atoms with E-state index in [2.05, 4.69) is 10.0 Å². The van der Waals surface area contributed by atoms with E-state index in [1.807, 2.05) is 25.1 Å². The van der Waals surface area contributed by atoms with Gasteiger partial charge in [0.15, 0.2) is 6.10 Å². The number of benzene rings is 2. The van der Waals surface area contributed by atoms with Crippen molar-refractivity contribution in [1.82, 2.24) is 0 Å². The Bertz CT molecular complexity index is 817. The topological polar surface area (TPSA) is 84.5 Å². The van der Waals surface area contributed by atoms with Gasteiger partial charge in [0.1, 0.15) is 5.75 Å². The van der Waals surface area contributed by atoms with Crippen LogP contribution in [0.15, 0.2) is 48.5 Å². The first-order valence-corrected chi connectivity index (χ1v) is 9.24. The van der Waals surface area contributed by atoms with E-state index >= 15 is 0 Å². The number of nitrogens with one attached hydrogen (secondary N) is 2. The Labute approximate surface area is 141 Å². The zero-order chi connectivity index (χ0) is 17.7. The van der Waals surface area contributed by atoms with Gasteiger partial charge in [-0.2, -0.15) is 0 Å². The lowest BCUT2D eigenvalue weighted by atomic mass is 10.2. The molecule has 0 spiro atoms. The highest BCUT2D eigenvalue weighted by Gasteiger charge is 2.15. The van der Waals surface area contributed by atoms with Gasteiger partial charge in [-0.1, -0.05) is 12.1 Å². The Morgan fingerprint density at radius 1 is 1.08 bits per heavy atom. The number of rotatable bonds is 6. The second kappa shape index (κ2) is 7.35. The zero-order valence-corrected chi connectivity index (χ0v) is 14.6. The maximum absolute atomic E-state index is 12.2. The van der Waals surface area contributed by atoms with Crippen LogP contribution in [0.1, 0.15) is 12.5 Å². The summed E-state index contributed by atoms with van der Waals surface area (Å²) in [5.41, 5.74) is 2.03. The minimum atomic E-state index is -3.32. The van der Waals surface area contributed by atoms with E-state index < -0.39 is 16.1 Å². The fourth-order valence-electron chi connectivity index (χ4n) is 2.03. The predicted molar refractivity (Wildman–Crippen MR) is 94.8 cm³/mol. The van der Waals surface area contributed by atoms with Gasteiger partial charge in [0.2, 0.25) is 10.0 Å². The lowest BCUT2D eigenvalue weighted by Crippen LogP contribution is -2.30. The summed E-state index contributed by atoms with van der Waals surface area (Å²) in [6, 6.07) is 13.8. The number of carbonyl (C=O) groups is 1. The van der Waals surface area contributed by atoms with Crippen molar-refractivity contribution >= 4 is 27.3 Å². The highest BCUT2D eigenvalue weighted by Crippen LogP contribution is 2.17. The van der Waals surface area contributed by atoms with Crippen LogP contribution >= 0.6 is 0 Å². The summed E-state index contributed by atoms with van der Waals surface area (Å²) in [4.78, 5) is 12.2. The fourth-order valence-corrected chi connectivity index (χ4v) is 2.59. The molecule has 128 valence electrons. The normalized spacial score (nSPS) is 12.3. The maximum atomic E-state index is 12.2. The molecule has 0 bridgehead atoms.